The van der Waals surface area contributed by atoms with Crippen molar-refractivity contribution < 1.29 is 18.8 Å². The summed E-state index contributed by atoms with van der Waals surface area (Å²) in [5.41, 5.74) is 7.39. The second-order valence-electron chi connectivity index (χ2n) is 8.08. The largest absolute Gasteiger partial charge is 0.393 e. The molecule has 3 amide bonds. The van der Waals surface area contributed by atoms with Gasteiger partial charge in [0.25, 0.3) is 5.91 Å². The second-order valence-corrected chi connectivity index (χ2v) is 8.08. The molecule has 1 atom stereocenters. The van der Waals surface area contributed by atoms with Crippen molar-refractivity contribution in [2.24, 2.45) is 5.73 Å². The van der Waals surface area contributed by atoms with Gasteiger partial charge in [0.05, 0.1) is 17.1 Å². The molecule has 34 heavy (non-hydrogen) atoms. The van der Waals surface area contributed by atoms with Crippen LogP contribution in [-0.2, 0) is 20.8 Å². The van der Waals surface area contributed by atoms with Crippen molar-refractivity contribution in [1.29, 1.82) is 0 Å². The smallest absolute Gasteiger partial charge is 0.269 e. The fourth-order valence-electron chi connectivity index (χ4n) is 3.64. The predicted molar refractivity (Wildman–Crippen MR) is 130 cm³/mol. The third-order valence-corrected chi connectivity index (χ3v) is 5.58. The summed E-state index contributed by atoms with van der Waals surface area (Å²) in [5, 5.41) is 11.0. The number of rotatable bonds is 5. The van der Waals surface area contributed by atoms with E-state index in [1.54, 1.807) is 42.5 Å². The van der Waals surface area contributed by atoms with Crippen LogP contribution >= 0.6 is 0 Å². The molecule has 0 fully saturated rings. The van der Waals surface area contributed by atoms with Crippen molar-refractivity contribution in [2.45, 2.75) is 51.5 Å². The molecule has 2 aromatic carbocycles. The van der Waals surface area contributed by atoms with Gasteiger partial charge in [-0.2, -0.15) is 0 Å². The zero-order chi connectivity index (χ0) is 24.5. The molecule has 2 aromatic rings. The van der Waals surface area contributed by atoms with Gasteiger partial charge in [-0.15, -0.1) is 0 Å². The highest BCUT2D eigenvalue weighted by atomic mass is 19.1. The van der Waals surface area contributed by atoms with Crippen molar-refractivity contribution >= 4 is 34.8 Å². The maximum absolute atomic E-state index is 14.4. The number of aryl methyl sites for hydroxylation is 1. The monoisotopic (exact) mass is 467 g/mol. The van der Waals surface area contributed by atoms with E-state index in [1.807, 2.05) is 6.92 Å². The minimum atomic E-state index is -0.831. The molecule has 0 aromatic heterocycles. The number of carbonyl (C=O) groups is 3. The van der Waals surface area contributed by atoms with E-state index in [4.69, 9.17) is 5.73 Å². The number of nitrogens with one attached hydrogen (secondary N) is 4. The molecular weight excluding hydrogens is 437 g/mol. The summed E-state index contributed by atoms with van der Waals surface area (Å²) in [5.74, 6) is -1.58. The van der Waals surface area contributed by atoms with Crippen molar-refractivity contribution in [3.63, 3.8) is 0 Å². The zero-order valence-electron chi connectivity index (χ0n) is 19.1. The Hall–Kier alpha value is -3.88. The Morgan fingerprint density at radius 3 is 2.56 bits per heavy atom. The summed E-state index contributed by atoms with van der Waals surface area (Å²) in [7, 11) is 0. The maximum Gasteiger partial charge on any atom is 0.269 e. The van der Waals surface area contributed by atoms with Crippen molar-refractivity contribution in [3.05, 3.63) is 65.7 Å². The molecule has 0 aliphatic carbocycles. The summed E-state index contributed by atoms with van der Waals surface area (Å²) in [6.45, 7) is 1.85. The number of amides is 3. The first kappa shape index (κ1) is 24.8. The number of anilines is 3. The van der Waals surface area contributed by atoms with E-state index >= 15 is 0 Å². The molecule has 0 saturated heterocycles. The van der Waals surface area contributed by atoms with Crippen molar-refractivity contribution in [3.8, 4) is 0 Å². The summed E-state index contributed by atoms with van der Waals surface area (Å²) in [6, 6.07) is 11.0. The van der Waals surface area contributed by atoms with Crippen LogP contribution < -0.4 is 27.0 Å². The van der Waals surface area contributed by atoms with Crippen LogP contribution in [0.3, 0.4) is 0 Å². The van der Waals surface area contributed by atoms with Gasteiger partial charge in [-0.1, -0.05) is 44.0 Å². The minimum absolute atomic E-state index is 0.113. The molecule has 3 rings (SSSR count). The van der Waals surface area contributed by atoms with Crippen LogP contribution in [0.15, 0.2) is 54.4 Å². The highest BCUT2D eigenvalue weighted by molar-refractivity contribution is 6.03. The number of hydrogen-bond acceptors (Lipinski definition) is 5. The van der Waals surface area contributed by atoms with Crippen LogP contribution in [0.25, 0.3) is 0 Å². The van der Waals surface area contributed by atoms with Gasteiger partial charge >= 0.3 is 0 Å². The standard InChI is InChI=1S/C25H30FN5O3/c1-2-16-9-8-13-20(23(16)26)28-15-17(27)24(33)31-21-12-4-3-5-14-22(32)29-18-10-6-7-11-19(18)30-25(21)34/h6-11,13,15,21,28H,2-5,12,14,27H2,1H3,(H,29,32)(H,30,34)(H,31,33)/b17-15-. The number of carbonyl (C=O) groups excluding carboxylic acids is 3. The Balaban J connectivity index is 1.71. The molecule has 6 N–H and O–H groups in total. The lowest BCUT2D eigenvalue weighted by atomic mass is 10.0. The van der Waals surface area contributed by atoms with Crippen LogP contribution in [-0.4, -0.2) is 23.8 Å². The number of nitrogens with two attached hydrogens (primary N) is 1. The van der Waals surface area contributed by atoms with Gasteiger partial charge in [0.1, 0.15) is 17.6 Å². The number of hydrogen-bond donors (Lipinski definition) is 5. The van der Waals surface area contributed by atoms with Gasteiger partial charge in [0.15, 0.2) is 0 Å². The van der Waals surface area contributed by atoms with E-state index in [9.17, 15) is 18.8 Å². The van der Waals surface area contributed by atoms with Gasteiger partial charge in [-0.05, 0) is 43.0 Å². The highest BCUT2D eigenvalue weighted by Gasteiger charge is 2.23. The molecule has 1 aliphatic heterocycles. The summed E-state index contributed by atoms with van der Waals surface area (Å²) >= 11 is 0. The minimum Gasteiger partial charge on any atom is -0.393 e. The van der Waals surface area contributed by atoms with Crippen LogP contribution in [0.5, 0.6) is 0 Å². The number of benzene rings is 2. The number of halogens is 1. The van der Waals surface area contributed by atoms with Crippen LogP contribution in [0.4, 0.5) is 21.5 Å². The quantitative estimate of drug-likeness (QED) is 0.430. The van der Waals surface area contributed by atoms with Crippen LogP contribution in [0.2, 0.25) is 0 Å². The molecule has 9 heteroatoms. The molecule has 0 bridgehead atoms. The van der Waals surface area contributed by atoms with Gasteiger partial charge in [-0.25, -0.2) is 4.39 Å². The van der Waals surface area contributed by atoms with Gasteiger partial charge in [0.2, 0.25) is 11.8 Å². The highest BCUT2D eigenvalue weighted by Crippen LogP contribution is 2.23. The molecule has 0 spiro atoms. The fourth-order valence-corrected chi connectivity index (χ4v) is 3.64. The van der Waals surface area contributed by atoms with Crippen LogP contribution in [0.1, 0.15) is 44.6 Å². The Morgan fingerprint density at radius 2 is 1.82 bits per heavy atom. The number of para-hydroxylation sites is 2. The summed E-state index contributed by atoms with van der Waals surface area (Å²) in [6.07, 6.45) is 4.55. The third-order valence-electron chi connectivity index (χ3n) is 5.58. The first-order chi connectivity index (χ1) is 16.4. The Labute approximate surface area is 198 Å². The lowest BCUT2D eigenvalue weighted by Gasteiger charge is -2.21. The topological polar surface area (TPSA) is 125 Å². The van der Waals surface area contributed by atoms with Crippen LogP contribution in [0, 0.1) is 5.82 Å². The first-order valence-electron chi connectivity index (χ1n) is 11.4. The van der Waals surface area contributed by atoms with E-state index < -0.39 is 23.7 Å². The summed E-state index contributed by atoms with van der Waals surface area (Å²) in [4.78, 5) is 37.8. The second kappa shape index (κ2) is 11.8. The Morgan fingerprint density at radius 1 is 1.09 bits per heavy atom. The third kappa shape index (κ3) is 6.57. The van der Waals surface area contributed by atoms with Crippen molar-refractivity contribution in [1.82, 2.24) is 5.32 Å². The maximum atomic E-state index is 14.4. The van der Waals surface area contributed by atoms with E-state index in [0.717, 1.165) is 6.42 Å². The van der Waals surface area contributed by atoms with Gasteiger partial charge in [-0.3, -0.25) is 14.4 Å². The Kier molecular flexibility index (Phi) is 8.61. The molecule has 1 aliphatic rings. The van der Waals surface area contributed by atoms with Gasteiger partial charge < -0.3 is 27.0 Å². The van der Waals surface area contributed by atoms with Crippen molar-refractivity contribution in [2.75, 3.05) is 16.0 Å². The average molecular weight is 468 g/mol. The molecular formula is C25H30FN5O3. The zero-order valence-corrected chi connectivity index (χ0v) is 19.1. The predicted octanol–water partition coefficient (Wildman–Crippen LogP) is 3.63. The van der Waals surface area contributed by atoms with E-state index in [0.29, 0.717) is 49.0 Å². The SMILES string of the molecule is CCc1cccc(N/C=C(\N)C(=O)NC2CCCCCC(=O)Nc3ccccc3NC2=O)c1F. The molecule has 0 saturated carbocycles. The summed E-state index contributed by atoms with van der Waals surface area (Å²) < 4.78 is 14.4. The van der Waals surface area contributed by atoms with E-state index in [-0.39, 0.29) is 17.3 Å². The normalized spacial score (nSPS) is 17.4. The lowest BCUT2D eigenvalue weighted by molar-refractivity contribution is -0.124. The molecule has 0 radical (unpaired) electrons. The molecule has 180 valence electrons. The molecule has 1 unspecified atom stereocenters. The number of fused-ring (bicyclic) bond motifs is 1. The molecule has 1 heterocycles. The lowest BCUT2D eigenvalue weighted by Crippen LogP contribution is -2.45. The molecule has 8 nitrogen and oxygen atoms in total. The van der Waals surface area contributed by atoms with E-state index in [1.165, 1.54) is 6.20 Å². The Bertz CT molecular complexity index is 1090. The average Bonchev–Trinajstić information content (AvgIpc) is 2.82. The fraction of sp³-hybridized carbons (Fsp3) is 0.320. The van der Waals surface area contributed by atoms with Gasteiger partial charge in [0, 0.05) is 12.6 Å². The first-order valence-corrected chi connectivity index (χ1v) is 11.4. The van der Waals surface area contributed by atoms with E-state index in [2.05, 4.69) is 21.3 Å².